The normalized spacial score (nSPS) is 22.4. The molecule has 2 aromatic carbocycles. The average molecular weight is 860 g/mol. The summed E-state index contributed by atoms with van der Waals surface area (Å²) in [5, 5.41) is 6.55. The van der Waals surface area contributed by atoms with E-state index in [2.05, 4.69) is 67.6 Å². The summed E-state index contributed by atoms with van der Waals surface area (Å²) in [7, 11) is 2.60. The van der Waals surface area contributed by atoms with Crippen LogP contribution in [0.25, 0.3) is 44.7 Å². The van der Waals surface area contributed by atoms with Crippen molar-refractivity contribution >= 4 is 34.9 Å². The van der Waals surface area contributed by atoms with Crippen molar-refractivity contribution in [3.63, 3.8) is 0 Å². The van der Waals surface area contributed by atoms with Crippen molar-refractivity contribution in [3.05, 3.63) is 66.5 Å². The first kappa shape index (κ1) is 42.0. The summed E-state index contributed by atoms with van der Waals surface area (Å²) >= 11 is 0. The zero-order chi connectivity index (χ0) is 44.3. The van der Waals surface area contributed by atoms with Crippen LogP contribution in [-0.2, 0) is 19.1 Å². The van der Waals surface area contributed by atoms with Crippen LogP contribution in [0.3, 0.4) is 0 Å². The van der Waals surface area contributed by atoms with Crippen LogP contribution in [0, 0.1) is 17.8 Å². The van der Waals surface area contributed by atoms with Crippen molar-refractivity contribution in [2.24, 2.45) is 17.8 Å². The summed E-state index contributed by atoms with van der Waals surface area (Å²) < 4.78 is 18.5. The number of nitrogens with zero attached hydrogens (tertiary/aromatic N) is 5. The lowest BCUT2D eigenvalue weighted by Crippen LogP contribution is -2.59. The van der Waals surface area contributed by atoms with Gasteiger partial charge < -0.3 is 49.2 Å². The fourth-order valence-electron chi connectivity index (χ4n) is 10.4. The van der Waals surface area contributed by atoms with Gasteiger partial charge in [0, 0.05) is 34.7 Å². The lowest BCUT2D eigenvalue weighted by Gasteiger charge is -2.51. The van der Waals surface area contributed by atoms with E-state index >= 15 is 0 Å². The molecule has 5 aliphatic rings. The fraction of sp³-hybridized carbons (Fsp3) is 0.489. The number of H-pyrrole nitrogens is 2. The summed E-state index contributed by atoms with van der Waals surface area (Å²) in [4.78, 5) is 72.7. The first-order valence-electron chi connectivity index (χ1n) is 22.2. The van der Waals surface area contributed by atoms with E-state index in [9.17, 15) is 19.2 Å². The van der Waals surface area contributed by atoms with Gasteiger partial charge in [0.1, 0.15) is 29.5 Å². The molecule has 4 amide bonds. The van der Waals surface area contributed by atoms with Gasteiger partial charge in [-0.3, -0.25) is 9.59 Å². The van der Waals surface area contributed by atoms with Crippen molar-refractivity contribution in [1.82, 2.24) is 44.9 Å². The summed E-state index contributed by atoms with van der Waals surface area (Å²) in [5.41, 5.74) is 6.65. The molecule has 1 saturated carbocycles. The molecule has 5 atom stereocenters. The maximum absolute atomic E-state index is 14.2. The Hall–Kier alpha value is -6.32. The number of hydrogen-bond acceptors (Lipinski definition) is 9. The summed E-state index contributed by atoms with van der Waals surface area (Å²) in [6.07, 6.45) is 7.67. The third kappa shape index (κ3) is 7.56. The monoisotopic (exact) mass is 859 g/mol. The van der Waals surface area contributed by atoms with Crippen molar-refractivity contribution in [3.8, 4) is 39.5 Å². The molecule has 5 aromatic rings. The third-order valence-electron chi connectivity index (χ3n) is 13.6. The Morgan fingerprint density at radius 2 is 1.40 bits per heavy atom. The molecule has 63 heavy (non-hydrogen) atoms. The molecule has 0 spiro atoms. The van der Waals surface area contributed by atoms with Crippen LogP contribution < -0.4 is 15.4 Å². The van der Waals surface area contributed by atoms with E-state index in [0.29, 0.717) is 12.4 Å². The predicted molar refractivity (Wildman–Crippen MR) is 235 cm³/mol. The number of likely N-dealkylation sites (tertiary alicyclic amines) is 1. The summed E-state index contributed by atoms with van der Waals surface area (Å²) in [5.74, 6) is 2.02. The highest BCUT2D eigenvalue weighted by Gasteiger charge is 2.48. The molecule has 4 fully saturated rings. The minimum absolute atomic E-state index is 0.0853. The Kier molecular flexibility index (Phi) is 11.2. The van der Waals surface area contributed by atoms with Gasteiger partial charge in [-0.05, 0) is 93.5 Å². The van der Waals surface area contributed by atoms with E-state index in [1.165, 1.54) is 14.2 Å². The number of aromatic amines is 2. The number of hydrogen-bond donors (Lipinski definition) is 4. The van der Waals surface area contributed by atoms with Gasteiger partial charge in [-0.2, -0.15) is 0 Å². The minimum atomic E-state index is -0.705. The van der Waals surface area contributed by atoms with Gasteiger partial charge in [-0.15, -0.1) is 0 Å². The molecular weight excluding hydrogens is 803 g/mol. The highest BCUT2D eigenvalue weighted by molar-refractivity contribution is 5.92. The van der Waals surface area contributed by atoms with E-state index < -0.39 is 24.3 Å². The molecule has 2 bridgehead atoms. The fourth-order valence-corrected chi connectivity index (χ4v) is 10.4. The lowest BCUT2D eigenvalue weighted by atomic mass is 9.73. The number of carbonyl (C=O) groups excluding carboxylic acids is 4. The van der Waals surface area contributed by atoms with Gasteiger partial charge in [0.15, 0.2) is 6.23 Å². The second kappa shape index (κ2) is 16.8. The highest BCUT2D eigenvalue weighted by atomic mass is 16.5. The predicted octanol–water partition coefficient (Wildman–Crippen LogP) is 7.87. The number of methoxy groups -OCH3 is 2. The Balaban J connectivity index is 0.956. The van der Waals surface area contributed by atoms with E-state index in [1.54, 1.807) is 0 Å². The number of alkyl carbamates (subject to hydrolysis) is 2. The van der Waals surface area contributed by atoms with Crippen LogP contribution in [-0.4, -0.2) is 97.2 Å². The number of amides is 4. The van der Waals surface area contributed by atoms with E-state index in [4.69, 9.17) is 24.2 Å². The molecule has 3 aromatic heterocycles. The van der Waals surface area contributed by atoms with Crippen molar-refractivity contribution in [1.29, 1.82) is 0 Å². The standard InChI is InChI=1S/C47H57N9O7/c1-24(2)39(52-46(59)61-6)44(57)54-18-8-9-36(54)42-48-22-33(50-42)28-13-17-35-30(19-28)20-37-32-16-12-29(21-38(32)63-26(5)55(35)37)34-23-49-43(51-34)41-27-10-14-31(15-11-27)56(41)45(58)40(25(3)4)53-47(60)62-7/h12-13,16-17,19-27,31,36,39-41H,8-11,14-15,18H2,1-7H3,(H,48,50)(H,49,51)(H,52,59)(H,53,60). The van der Waals surface area contributed by atoms with Crippen LogP contribution in [0.2, 0.25) is 0 Å². The van der Waals surface area contributed by atoms with Gasteiger partial charge >= 0.3 is 12.2 Å². The van der Waals surface area contributed by atoms with Crippen LogP contribution in [0.15, 0.2) is 54.9 Å². The van der Waals surface area contributed by atoms with E-state index in [0.717, 1.165) is 94.8 Å². The molecule has 16 heteroatoms. The van der Waals surface area contributed by atoms with Crippen LogP contribution >= 0.6 is 0 Å². The number of benzene rings is 2. The number of fused-ring (bicyclic) bond motifs is 8. The van der Waals surface area contributed by atoms with Gasteiger partial charge in [0.05, 0.1) is 61.3 Å². The zero-order valence-electron chi connectivity index (χ0n) is 36.9. The number of nitrogens with one attached hydrogen (secondary N) is 4. The molecule has 4 N–H and O–H groups in total. The molecule has 1 aliphatic carbocycles. The number of piperidine rings is 2. The summed E-state index contributed by atoms with van der Waals surface area (Å²) in [6.45, 7) is 10.3. The number of carbonyl (C=O) groups is 4. The Morgan fingerprint density at radius 3 is 2.06 bits per heavy atom. The van der Waals surface area contributed by atoms with Crippen LogP contribution in [0.5, 0.6) is 5.75 Å². The SMILES string of the molecule is COC(=O)NC(C(=O)N1CCCC1c1ncc(-c2ccc3c(c2)cc2n3C(C)Oc3cc(-c4cnc(C5C6CCC(CC6)N5C(=O)C(NC(=O)OC)C(C)C)[nH]4)ccc3-2)[nH]1)C(C)C. The molecule has 10 rings (SSSR count). The largest absolute Gasteiger partial charge is 0.470 e. The molecule has 5 unspecified atom stereocenters. The smallest absolute Gasteiger partial charge is 0.407 e. The number of rotatable bonds is 10. The zero-order valence-corrected chi connectivity index (χ0v) is 36.9. The minimum Gasteiger partial charge on any atom is -0.470 e. The second-order valence-corrected chi connectivity index (χ2v) is 18.1. The molecule has 7 heterocycles. The highest BCUT2D eigenvalue weighted by Crippen LogP contribution is 2.48. The van der Waals surface area contributed by atoms with Crippen molar-refractivity contribution in [2.45, 2.75) is 110 Å². The lowest BCUT2D eigenvalue weighted by molar-refractivity contribution is -0.149. The second-order valence-electron chi connectivity index (χ2n) is 18.1. The first-order chi connectivity index (χ1) is 30.3. The number of ether oxygens (including phenoxy) is 3. The average Bonchev–Trinajstić information content (AvgIpc) is 4.13. The Morgan fingerprint density at radius 1 is 0.778 bits per heavy atom. The Labute approximate surface area is 366 Å². The topological polar surface area (TPSA) is 189 Å². The Bertz CT molecular complexity index is 2550. The third-order valence-corrected chi connectivity index (χ3v) is 13.6. The summed E-state index contributed by atoms with van der Waals surface area (Å²) in [6, 6.07) is 13.0. The van der Waals surface area contributed by atoms with Gasteiger partial charge in [0.2, 0.25) is 11.8 Å². The quantitative estimate of drug-likeness (QED) is 0.108. The number of aromatic nitrogens is 5. The molecular formula is C47H57N9O7. The maximum atomic E-state index is 14.2. The van der Waals surface area contributed by atoms with Gasteiger partial charge in [0.25, 0.3) is 0 Å². The van der Waals surface area contributed by atoms with Crippen molar-refractivity contribution < 1.29 is 33.4 Å². The van der Waals surface area contributed by atoms with Crippen LogP contribution in [0.4, 0.5) is 9.59 Å². The number of imidazole rings is 2. The van der Waals surface area contributed by atoms with Crippen LogP contribution in [0.1, 0.15) is 103 Å². The van der Waals surface area contributed by atoms with E-state index in [-0.39, 0.29) is 53.9 Å². The maximum Gasteiger partial charge on any atom is 0.407 e. The molecule has 0 radical (unpaired) electrons. The van der Waals surface area contributed by atoms with Gasteiger partial charge in [-0.25, -0.2) is 19.6 Å². The van der Waals surface area contributed by atoms with Gasteiger partial charge in [-0.1, -0.05) is 39.8 Å². The van der Waals surface area contributed by atoms with E-state index in [1.807, 2.05) is 56.8 Å². The first-order valence-corrected chi connectivity index (χ1v) is 22.2. The van der Waals surface area contributed by atoms with Crippen molar-refractivity contribution in [2.75, 3.05) is 20.8 Å². The molecule has 3 saturated heterocycles. The molecule has 4 aliphatic heterocycles. The molecule has 16 nitrogen and oxygen atoms in total. The molecule has 332 valence electrons.